The van der Waals surface area contributed by atoms with Crippen molar-refractivity contribution in [3.05, 3.63) is 0 Å². The van der Waals surface area contributed by atoms with Crippen LogP contribution in [0.1, 0.15) is 25.7 Å². The van der Waals surface area contributed by atoms with Gasteiger partial charge < -0.3 is 14.7 Å². The van der Waals surface area contributed by atoms with Crippen LogP contribution in [0.2, 0.25) is 0 Å². The second kappa shape index (κ2) is 7.14. The zero-order chi connectivity index (χ0) is 13.7. The van der Waals surface area contributed by atoms with Crippen molar-refractivity contribution in [1.82, 2.24) is 4.90 Å². The molecule has 2 saturated heterocycles. The molecule has 5 nitrogen and oxygen atoms in total. The van der Waals surface area contributed by atoms with E-state index < -0.39 is 5.97 Å². The molecule has 0 bridgehead atoms. The molecule has 0 unspecified atom stereocenters. The number of hydrogen-bond acceptors (Lipinski definition) is 4. The maximum absolute atomic E-state index is 12.0. The van der Waals surface area contributed by atoms with Gasteiger partial charge in [-0.05, 0) is 25.7 Å². The molecule has 0 saturated carbocycles. The lowest BCUT2D eigenvalue weighted by Crippen LogP contribution is -2.41. The summed E-state index contributed by atoms with van der Waals surface area (Å²) in [6.45, 7) is 2.78. The van der Waals surface area contributed by atoms with Gasteiger partial charge in [0.1, 0.15) is 0 Å². The van der Waals surface area contributed by atoms with E-state index in [9.17, 15) is 9.59 Å². The molecule has 0 aromatic heterocycles. The van der Waals surface area contributed by atoms with Crippen molar-refractivity contribution in [2.75, 3.05) is 32.1 Å². The van der Waals surface area contributed by atoms with Crippen molar-refractivity contribution in [3.8, 4) is 0 Å². The number of carbonyl (C=O) groups is 2. The maximum Gasteiger partial charge on any atom is 0.306 e. The number of hydrogen-bond donors (Lipinski definition) is 1. The highest BCUT2D eigenvalue weighted by molar-refractivity contribution is 8.00. The van der Waals surface area contributed by atoms with Crippen LogP contribution in [-0.4, -0.2) is 59.2 Å². The van der Waals surface area contributed by atoms with Gasteiger partial charge in [0.15, 0.2) is 0 Å². The summed E-state index contributed by atoms with van der Waals surface area (Å²) in [5, 5.41) is 9.45. The predicted molar refractivity (Wildman–Crippen MR) is 73.2 cm³/mol. The Labute approximate surface area is 117 Å². The highest BCUT2D eigenvalue weighted by Crippen LogP contribution is 2.23. The van der Waals surface area contributed by atoms with Gasteiger partial charge in [-0.1, -0.05) is 0 Å². The molecule has 0 radical (unpaired) electrons. The van der Waals surface area contributed by atoms with Crippen LogP contribution in [0, 0.1) is 5.92 Å². The number of rotatable bonds is 4. The second-order valence-corrected chi connectivity index (χ2v) is 6.40. The largest absolute Gasteiger partial charge is 0.481 e. The molecule has 19 heavy (non-hydrogen) atoms. The Balaban J connectivity index is 1.67. The van der Waals surface area contributed by atoms with Gasteiger partial charge >= 0.3 is 5.97 Å². The average Bonchev–Trinajstić information content (AvgIpc) is 2.46. The van der Waals surface area contributed by atoms with Crippen LogP contribution in [0.15, 0.2) is 0 Å². The Morgan fingerprint density at radius 3 is 2.37 bits per heavy atom. The number of carbonyl (C=O) groups excluding carboxylic acids is 1. The fraction of sp³-hybridized carbons (Fsp3) is 0.846. The standard InChI is InChI=1S/C13H21NO4S/c15-12(9-19-11-3-7-18-8-4-11)14-5-1-10(2-6-14)13(16)17/h10-11H,1-9H2,(H,16,17). The fourth-order valence-electron chi connectivity index (χ4n) is 2.50. The number of carboxylic acid groups (broad SMARTS) is 1. The van der Waals surface area contributed by atoms with E-state index in [1.54, 1.807) is 11.8 Å². The van der Waals surface area contributed by atoms with E-state index in [0.29, 0.717) is 36.9 Å². The number of amides is 1. The molecule has 2 aliphatic rings. The minimum Gasteiger partial charge on any atom is -0.481 e. The molecule has 1 amide bonds. The molecule has 0 aliphatic carbocycles. The van der Waals surface area contributed by atoms with E-state index in [-0.39, 0.29) is 11.8 Å². The number of ether oxygens (including phenoxy) is 1. The highest BCUT2D eigenvalue weighted by atomic mass is 32.2. The predicted octanol–water partition coefficient (Wildman–Crippen LogP) is 1.22. The first-order valence-corrected chi connectivity index (χ1v) is 7.91. The molecule has 0 aromatic rings. The number of nitrogens with zero attached hydrogens (tertiary/aromatic N) is 1. The monoisotopic (exact) mass is 287 g/mol. The molecule has 0 aromatic carbocycles. The number of thioether (sulfide) groups is 1. The van der Waals surface area contributed by atoms with Crippen LogP contribution in [0.4, 0.5) is 0 Å². The Bertz CT molecular complexity index is 323. The Hall–Kier alpha value is -0.750. The third-order valence-corrected chi connectivity index (χ3v) is 5.16. The summed E-state index contributed by atoms with van der Waals surface area (Å²) in [4.78, 5) is 24.7. The third-order valence-electron chi connectivity index (χ3n) is 3.81. The average molecular weight is 287 g/mol. The lowest BCUT2D eigenvalue weighted by atomic mass is 9.97. The summed E-state index contributed by atoms with van der Waals surface area (Å²) in [5.41, 5.74) is 0. The van der Waals surface area contributed by atoms with Crippen LogP contribution in [0.25, 0.3) is 0 Å². The van der Waals surface area contributed by atoms with Crippen molar-refractivity contribution in [3.63, 3.8) is 0 Å². The minimum absolute atomic E-state index is 0.153. The van der Waals surface area contributed by atoms with Crippen molar-refractivity contribution < 1.29 is 19.4 Å². The third kappa shape index (κ3) is 4.38. The summed E-state index contributed by atoms with van der Waals surface area (Å²) < 4.78 is 5.29. The lowest BCUT2D eigenvalue weighted by Gasteiger charge is -2.30. The molecular weight excluding hydrogens is 266 g/mol. The van der Waals surface area contributed by atoms with E-state index in [0.717, 1.165) is 26.1 Å². The lowest BCUT2D eigenvalue weighted by molar-refractivity contribution is -0.145. The topological polar surface area (TPSA) is 66.8 Å². The molecule has 6 heteroatoms. The maximum atomic E-state index is 12.0. The van der Waals surface area contributed by atoms with Crippen LogP contribution in [0.3, 0.4) is 0 Å². The first-order valence-electron chi connectivity index (χ1n) is 6.86. The van der Waals surface area contributed by atoms with Gasteiger partial charge in [0.2, 0.25) is 5.91 Å². The van der Waals surface area contributed by atoms with Crippen molar-refractivity contribution in [2.45, 2.75) is 30.9 Å². The van der Waals surface area contributed by atoms with Crippen molar-refractivity contribution in [2.24, 2.45) is 5.92 Å². The van der Waals surface area contributed by atoms with E-state index in [2.05, 4.69) is 0 Å². The van der Waals surface area contributed by atoms with E-state index in [1.165, 1.54) is 0 Å². The van der Waals surface area contributed by atoms with Crippen molar-refractivity contribution >= 4 is 23.6 Å². The summed E-state index contributed by atoms with van der Waals surface area (Å²) in [6.07, 6.45) is 3.23. The van der Waals surface area contributed by atoms with Gasteiger partial charge in [-0.2, -0.15) is 0 Å². The van der Waals surface area contributed by atoms with Gasteiger partial charge in [-0.25, -0.2) is 0 Å². The second-order valence-electron chi connectivity index (χ2n) is 5.12. The smallest absolute Gasteiger partial charge is 0.306 e. The summed E-state index contributed by atoms with van der Waals surface area (Å²) in [6, 6.07) is 0. The molecule has 2 fully saturated rings. The molecule has 2 heterocycles. The normalized spacial score (nSPS) is 22.4. The summed E-state index contributed by atoms with van der Waals surface area (Å²) >= 11 is 1.72. The van der Waals surface area contributed by atoms with Gasteiger partial charge in [0.05, 0.1) is 11.7 Å². The zero-order valence-corrected chi connectivity index (χ0v) is 11.9. The van der Waals surface area contributed by atoms with Gasteiger partial charge in [-0.3, -0.25) is 9.59 Å². The van der Waals surface area contributed by atoms with Gasteiger partial charge in [0, 0.05) is 31.6 Å². The summed E-state index contributed by atoms with van der Waals surface area (Å²) in [7, 11) is 0. The molecule has 0 atom stereocenters. The van der Waals surface area contributed by atoms with Gasteiger partial charge in [-0.15, -0.1) is 11.8 Å². The van der Waals surface area contributed by atoms with Crippen LogP contribution >= 0.6 is 11.8 Å². The van der Waals surface area contributed by atoms with E-state index >= 15 is 0 Å². The number of carboxylic acids is 1. The SMILES string of the molecule is O=C(O)C1CCN(C(=O)CSC2CCOCC2)CC1. The Morgan fingerprint density at radius 2 is 1.79 bits per heavy atom. The molecule has 0 spiro atoms. The highest BCUT2D eigenvalue weighted by Gasteiger charge is 2.27. The Kier molecular flexibility index (Phi) is 5.51. The number of piperidine rings is 1. The van der Waals surface area contributed by atoms with Crippen LogP contribution in [0.5, 0.6) is 0 Å². The quantitative estimate of drug-likeness (QED) is 0.842. The van der Waals surface area contributed by atoms with E-state index in [1.807, 2.05) is 4.90 Å². The molecular formula is C13H21NO4S. The number of aliphatic carboxylic acids is 1. The summed E-state index contributed by atoms with van der Waals surface area (Å²) in [5.74, 6) is -0.334. The van der Waals surface area contributed by atoms with E-state index in [4.69, 9.17) is 9.84 Å². The molecule has 2 aliphatic heterocycles. The fourth-order valence-corrected chi connectivity index (χ4v) is 3.59. The Morgan fingerprint density at radius 1 is 1.16 bits per heavy atom. The molecule has 2 rings (SSSR count). The van der Waals surface area contributed by atoms with Crippen LogP contribution in [-0.2, 0) is 14.3 Å². The molecule has 108 valence electrons. The number of likely N-dealkylation sites (tertiary alicyclic amines) is 1. The van der Waals surface area contributed by atoms with Crippen LogP contribution < -0.4 is 0 Å². The molecule has 1 N–H and O–H groups in total. The minimum atomic E-state index is -0.733. The first-order chi connectivity index (χ1) is 9.16. The van der Waals surface area contributed by atoms with Crippen molar-refractivity contribution in [1.29, 1.82) is 0 Å². The first kappa shape index (κ1) is 14.7. The zero-order valence-electron chi connectivity index (χ0n) is 11.0. The van der Waals surface area contributed by atoms with Gasteiger partial charge in [0.25, 0.3) is 0 Å².